The van der Waals surface area contributed by atoms with Crippen molar-refractivity contribution in [2.45, 2.75) is 19.4 Å². The summed E-state index contributed by atoms with van der Waals surface area (Å²) >= 11 is 0. The molecule has 0 saturated heterocycles. The highest BCUT2D eigenvalue weighted by Crippen LogP contribution is 2.59. The molecule has 0 spiro atoms. The maximum atomic E-state index is 10.2. The van der Waals surface area contributed by atoms with Crippen LogP contribution in [0.5, 0.6) is 0 Å². The fourth-order valence-corrected chi connectivity index (χ4v) is 2.26. The van der Waals surface area contributed by atoms with Crippen molar-refractivity contribution in [3.8, 4) is 0 Å². The molecule has 3 atom stereocenters. The van der Waals surface area contributed by atoms with E-state index in [1.165, 1.54) is 0 Å². The first-order valence-electron chi connectivity index (χ1n) is 5.14. The number of aliphatic hydroxyl groups is 1. The zero-order valence-corrected chi connectivity index (χ0v) is 8.48. The van der Waals surface area contributed by atoms with Gasteiger partial charge in [-0.05, 0) is 17.9 Å². The molecule has 3 N–H and O–H groups in total. The van der Waals surface area contributed by atoms with Gasteiger partial charge in [0.1, 0.15) is 0 Å². The van der Waals surface area contributed by atoms with Crippen molar-refractivity contribution in [1.29, 1.82) is 0 Å². The average molecular weight is 191 g/mol. The first kappa shape index (κ1) is 9.69. The van der Waals surface area contributed by atoms with Crippen LogP contribution in [0, 0.1) is 11.3 Å². The predicted octanol–water partition coefficient (Wildman–Crippen LogP) is 1.70. The van der Waals surface area contributed by atoms with E-state index in [2.05, 4.69) is 6.92 Å². The smallest absolute Gasteiger partial charge is 0.0860 e. The summed E-state index contributed by atoms with van der Waals surface area (Å²) in [5.41, 5.74) is 6.67. The summed E-state index contributed by atoms with van der Waals surface area (Å²) in [4.78, 5) is 0. The van der Waals surface area contributed by atoms with Gasteiger partial charge in [-0.3, -0.25) is 0 Å². The lowest BCUT2D eigenvalue weighted by molar-refractivity contribution is 0.0889. The summed E-state index contributed by atoms with van der Waals surface area (Å²) in [6, 6.07) is 9.80. The van der Waals surface area contributed by atoms with Gasteiger partial charge in [0.25, 0.3) is 0 Å². The maximum absolute atomic E-state index is 10.2. The second kappa shape index (κ2) is 3.37. The van der Waals surface area contributed by atoms with Gasteiger partial charge in [0.05, 0.1) is 6.10 Å². The van der Waals surface area contributed by atoms with Crippen molar-refractivity contribution in [2.24, 2.45) is 17.1 Å². The SMILES string of the molecule is C[C@@H]1C[C@@]1(CN)[C@H](O)c1ccccc1. The molecule has 1 fully saturated rings. The van der Waals surface area contributed by atoms with Gasteiger partial charge >= 0.3 is 0 Å². The van der Waals surface area contributed by atoms with Gasteiger partial charge < -0.3 is 10.8 Å². The van der Waals surface area contributed by atoms with Crippen LogP contribution in [0.2, 0.25) is 0 Å². The molecule has 0 aliphatic heterocycles. The molecule has 1 aromatic carbocycles. The Morgan fingerprint density at radius 3 is 2.50 bits per heavy atom. The lowest BCUT2D eigenvalue weighted by Gasteiger charge is -2.22. The van der Waals surface area contributed by atoms with Crippen LogP contribution >= 0.6 is 0 Å². The molecule has 14 heavy (non-hydrogen) atoms. The highest BCUT2D eigenvalue weighted by Gasteiger charge is 2.55. The van der Waals surface area contributed by atoms with E-state index in [0.29, 0.717) is 12.5 Å². The molecule has 1 aliphatic rings. The molecule has 0 bridgehead atoms. The van der Waals surface area contributed by atoms with E-state index in [4.69, 9.17) is 5.73 Å². The molecule has 2 nitrogen and oxygen atoms in total. The molecule has 0 radical (unpaired) electrons. The molecule has 1 saturated carbocycles. The zero-order valence-electron chi connectivity index (χ0n) is 8.48. The second-order valence-corrected chi connectivity index (χ2v) is 4.36. The molecule has 2 heteroatoms. The maximum Gasteiger partial charge on any atom is 0.0860 e. The molecule has 1 aromatic rings. The van der Waals surface area contributed by atoms with Gasteiger partial charge in [-0.1, -0.05) is 37.3 Å². The Morgan fingerprint density at radius 1 is 1.50 bits per heavy atom. The predicted molar refractivity (Wildman–Crippen MR) is 56.7 cm³/mol. The Bertz CT molecular complexity index is 307. The Kier molecular flexibility index (Phi) is 2.33. The lowest BCUT2D eigenvalue weighted by atomic mass is 9.91. The number of hydrogen-bond acceptors (Lipinski definition) is 2. The number of rotatable bonds is 3. The third kappa shape index (κ3) is 1.35. The quantitative estimate of drug-likeness (QED) is 0.764. The Labute approximate surface area is 84.7 Å². The minimum Gasteiger partial charge on any atom is -0.388 e. The van der Waals surface area contributed by atoms with Crippen LogP contribution in [0.25, 0.3) is 0 Å². The fraction of sp³-hybridized carbons (Fsp3) is 0.500. The fourth-order valence-electron chi connectivity index (χ4n) is 2.26. The van der Waals surface area contributed by atoms with Crippen LogP contribution in [-0.4, -0.2) is 11.7 Å². The van der Waals surface area contributed by atoms with Crippen molar-refractivity contribution < 1.29 is 5.11 Å². The van der Waals surface area contributed by atoms with Crippen molar-refractivity contribution in [1.82, 2.24) is 0 Å². The number of nitrogens with two attached hydrogens (primary N) is 1. The van der Waals surface area contributed by atoms with Crippen LogP contribution in [0.3, 0.4) is 0 Å². The summed E-state index contributed by atoms with van der Waals surface area (Å²) in [6.45, 7) is 2.73. The van der Waals surface area contributed by atoms with Crippen molar-refractivity contribution in [3.63, 3.8) is 0 Å². The Hall–Kier alpha value is -0.860. The molecule has 0 unspecified atom stereocenters. The summed E-state index contributed by atoms with van der Waals surface area (Å²) < 4.78 is 0. The highest BCUT2D eigenvalue weighted by molar-refractivity contribution is 5.23. The topological polar surface area (TPSA) is 46.2 Å². The number of aliphatic hydroxyl groups excluding tert-OH is 1. The molecule has 0 heterocycles. The standard InChI is InChI=1S/C12H17NO/c1-9-7-12(9,8-13)11(14)10-5-3-2-4-6-10/h2-6,9,11,14H,7-8,13H2,1H3/t9-,11-,12+/m1/s1. The molecular weight excluding hydrogens is 174 g/mol. The largest absolute Gasteiger partial charge is 0.388 e. The summed E-state index contributed by atoms with van der Waals surface area (Å²) in [5, 5.41) is 10.2. The number of benzene rings is 1. The van der Waals surface area contributed by atoms with Crippen LogP contribution in [0.1, 0.15) is 25.0 Å². The molecule has 2 rings (SSSR count). The minimum atomic E-state index is -0.399. The van der Waals surface area contributed by atoms with Crippen LogP contribution in [0.4, 0.5) is 0 Å². The van der Waals surface area contributed by atoms with E-state index < -0.39 is 6.10 Å². The highest BCUT2D eigenvalue weighted by atomic mass is 16.3. The molecule has 1 aliphatic carbocycles. The van der Waals surface area contributed by atoms with Crippen molar-refractivity contribution >= 4 is 0 Å². The average Bonchev–Trinajstić information content (AvgIpc) is 2.91. The first-order chi connectivity index (χ1) is 6.70. The van der Waals surface area contributed by atoms with Gasteiger partial charge in [0, 0.05) is 12.0 Å². The summed E-state index contributed by atoms with van der Waals surface area (Å²) in [7, 11) is 0. The van der Waals surface area contributed by atoms with Gasteiger partial charge in [0.15, 0.2) is 0 Å². The van der Waals surface area contributed by atoms with Gasteiger partial charge in [0.2, 0.25) is 0 Å². The van der Waals surface area contributed by atoms with E-state index in [1.54, 1.807) is 0 Å². The number of hydrogen-bond donors (Lipinski definition) is 2. The van der Waals surface area contributed by atoms with Gasteiger partial charge in [-0.25, -0.2) is 0 Å². The van der Waals surface area contributed by atoms with Crippen LogP contribution in [0.15, 0.2) is 30.3 Å². The second-order valence-electron chi connectivity index (χ2n) is 4.36. The Balaban J connectivity index is 2.21. The monoisotopic (exact) mass is 191 g/mol. The first-order valence-corrected chi connectivity index (χ1v) is 5.14. The van der Waals surface area contributed by atoms with E-state index in [0.717, 1.165) is 12.0 Å². The molecule has 0 aromatic heterocycles. The minimum absolute atomic E-state index is 0.0542. The van der Waals surface area contributed by atoms with Gasteiger partial charge in [-0.2, -0.15) is 0 Å². The van der Waals surface area contributed by atoms with Gasteiger partial charge in [-0.15, -0.1) is 0 Å². The molecule has 76 valence electrons. The Morgan fingerprint density at radius 2 is 2.07 bits per heavy atom. The third-order valence-electron chi connectivity index (χ3n) is 3.55. The molecular formula is C12H17NO. The zero-order chi connectivity index (χ0) is 10.2. The van der Waals surface area contributed by atoms with Crippen molar-refractivity contribution in [3.05, 3.63) is 35.9 Å². The lowest BCUT2D eigenvalue weighted by Crippen LogP contribution is -2.25. The van der Waals surface area contributed by atoms with E-state index in [-0.39, 0.29) is 5.41 Å². The van der Waals surface area contributed by atoms with E-state index in [1.807, 2.05) is 30.3 Å². The summed E-state index contributed by atoms with van der Waals surface area (Å²) in [5.74, 6) is 0.544. The summed E-state index contributed by atoms with van der Waals surface area (Å²) in [6.07, 6.45) is 0.642. The van der Waals surface area contributed by atoms with Crippen LogP contribution < -0.4 is 5.73 Å². The van der Waals surface area contributed by atoms with Crippen LogP contribution in [-0.2, 0) is 0 Å². The van der Waals surface area contributed by atoms with E-state index in [9.17, 15) is 5.11 Å². The van der Waals surface area contributed by atoms with E-state index >= 15 is 0 Å². The molecule has 0 amide bonds. The third-order valence-corrected chi connectivity index (χ3v) is 3.55. The normalized spacial score (nSPS) is 32.6. The van der Waals surface area contributed by atoms with Crippen molar-refractivity contribution in [2.75, 3.05) is 6.54 Å².